The summed E-state index contributed by atoms with van der Waals surface area (Å²) in [4.78, 5) is 0. The molecule has 12 heavy (non-hydrogen) atoms. The van der Waals surface area contributed by atoms with Gasteiger partial charge >= 0.3 is 0 Å². The van der Waals surface area contributed by atoms with Crippen LogP contribution in [0.3, 0.4) is 0 Å². The average molecular weight is 189 g/mol. The molecule has 0 aromatic rings. The van der Waals surface area contributed by atoms with Gasteiger partial charge in [0.2, 0.25) is 0 Å². The monoisotopic (exact) mass is 189 g/mol. The van der Waals surface area contributed by atoms with Gasteiger partial charge in [-0.2, -0.15) is 0 Å². The van der Waals surface area contributed by atoms with Crippen molar-refractivity contribution < 1.29 is 0 Å². The fourth-order valence-electron chi connectivity index (χ4n) is 0.543. The van der Waals surface area contributed by atoms with Gasteiger partial charge in [0.15, 0.2) is 5.11 Å². The summed E-state index contributed by atoms with van der Waals surface area (Å²) in [6.07, 6.45) is 0. The molecule has 0 rings (SSSR count). The summed E-state index contributed by atoms with van der Waals surface area (Å²) in [6.45, 7) is 10.3. The molecule has 0 saturated heterocycles. The van der Waals surface area contributed by atoms with Gasteiger partial charge in [-0.25, -0.2) is 5.43 Å². The quantitative estimate of drug-likeness (QED) is 0.450. The van der Waals surface area contributed by atoms with Gasteiger partial charge in [-0.1, -0.05) is 0 Å². The van der Waals surface area contributed by atoms with Crippen molar-refractivity contribution in [1.82, 2.24) is 16.2 Å². The first-order valence-corrected chi connectivity index (χ1v) is 4.56. The van der Waals surface area contributed by atoms with Crippen LogP contribution in [-0.4, -0.2) is 16.7 Å². The summed E-state index contributed by atoms with van der Waals surface area (Å²) < 4.78 is 0. The maximum Gasteiger partial charge on any atom is 0.181 e. The lowest BCUT2D eigenvalue weighted by atomic mass is 10.1. The Balaban J connectivity index is 3.58. The molecule has 72 valence electrons. The SMILES string of the molecule is CC(C)NC(=S)NNC(C)(C)C. The minimum atomic E-state index is 0.0305. The van der Waals surface area contributed by atoms with Crippen molar-refractivity contribution in [2.45, 2.75) is 46.2 Å². The van der Waals surface area contributed by atoms with Gasteiger partial charge in [0.05, 0.1) is 0 Å². The van der Waals surface area contributed by atoms with E-state index in [1.807, 2.05) is 13.8 Å². The van der Waals surface area contributed by atoms with E-state index in [1.165, 1.54) is 0 Å². The molecule has 0 spiro atoms. The number of thiocarbonyl (C=S) groups is 1. The molecule has 0 amide bonds. The fraction of sp³-hybridized carbons (Fsp3) is 0.875. The first-order chi connectivity index (χ1) is 5.31. The Bertz CT molecular complexity index is 149. The number of nitrogens with one attached hydrogen (secondary N) is 3. The third-order valence-corrected chi connectivity index (χ3v) is 1.19. The van der Waals surface area contributed by atoms with Gasteiger partial charge in [-0.05, 0) is 46.8 Å². The molecule has 0 radical (unpaired) electrons. The zero-order chi connectivity index (χ0) is 9.78. The second-order valence-corrected chi connectivity index (χ2v) is 4.54. The molecule has 4 heteroatoms. The second kappa shape index (κ2) is 4.62. The van der Waals surface area contributed by atoms with Crippen molar-refractivity contribution in [3.8, 4) is 0 Å². The van der Waals surface area contributed by atoms with Crippen molar-refractivity contribution in [1.29, 1.82) is 0 Å². The molecule has 0 aromatic carbocycles. The molecule has 0 aliphatic carbocycles. The van der Waals surface area contributed by atoms with Crippen molar-refractivity contribution >= 4 is 17.3 Å². The summed E-state index contributed by atoms with van der Waals surface area (Å²) >= 11 is 5.01. The predicted molar refractivity (Wildman–Crippen MR) is 56.9 cm³/mol. The highest BCUT2D eigenvalue weighted by atomic mass is 32.1. The summed E-state index contributed by atoms with van der Waals surface area (Å²) in [7, 11) is 0. The standard InChI is InChI=1S/C8H19N3S/c1-6(2)9-7(12)10-11-8(3,4)5/h6,11H,1-5H3,(H2,9,10,12). The molecule has 0 atom stereocenters. The minimum absolute atomic E-state index is 0.0305. The Morgan fingerprint density at radius 3 is 2.08 bits per heavy atom. The van der Waals surface area contributed by atoms with E-state index in [1.54, 1.807) is 0 Å². The topological polar surface area (TPSA) is 36.1 Å². The number of rotatable bonds is 2. The molecule has 3 N–H and O–H groups in total. The predicted octanol–water partition coefficient (Wildman–Crippen LogP) is 1.16. The molecule has 0 bridgehead atoms. The van der Waals surface area contributed by atoms with Crippen LogP contribution < -0.4 is 16.2 Å². The normalized spacial score (nSPS) is 11.5. The van der Waals surface area contributed by atoms with Gasteiger partial charge in [-0.15, -0.1) is 0 Å². The Hall–Kier alpha value is -0.350. The molecule has 0 aliphatic rings. The molecular formula is C8H19N3S. The van der Waals surface area contributed by atoms with Crippen LogP contribution in [0, 0.1) is 0 Å². The van der Waals surface area contributed by atoms with E-state index in [-0.39, 0.29) is 5.54 Å². The van der Waals surface area contributed by atoms with Crippen LogP contribution in [0.15, 0.2) is 0 Å². The van der Waals surface area contributed by atoms with Crippen LogP contribution in [0.4, 0.5) is 0 Å². The highest BCUT2D eigenvalue weighted by molar-refractivity contribution is 7.80. The van der Waals surface area contributed by atoms with E-state index in [9.17, 15) is 0 Å². The van der Waals surface area contributed by atoms with E-state index in [2.05, 4.69) is 36.9 Å². The van der Waals surface area contributed by atoms with E-state index in [0.29, 0.717) is 11.2 Å². The fourth-order valence-corrected chi connectivity index (χ4v) is 0.829. The molecule has 0 saturated carbocycles. The lowest BCUT2D eigenvalue weighted by molar-refractivity contribution is 0.401. The Kier molecular flexibility index (Phi) is 4.49. The lowest BCUT2D eigenvalue weighted by Gasteiger charge is -2.23. The maximum atomic E-state index is 5.01. The largest absolute Gasteiger partial charge is 0.359 e. The highest BCUT2D eigenvalue weighted by Gasteiger charge is 2.08. The number of hydrogen-bond acceptors (Lipinski definition) is 2. The molecule has 0 aromatic heterocycles. The summed E-state index contributed by atoms with van der Waals surface area (Å²) in [5.41, 5.74) is 6.03. The van der Waals surface area contributed by atoms with Crippen LogP contribution in [0.1, 0.15) is 34.6 Å². The smallest absolute Gasteiger partial charge is 0.181 e. The highest BCUT2D eigenvalue weighted by Crippen LogP contribution is 1.94. The van der Waals surface area contributed by atoms with Crippen molar-refractivity contribution in [3.63, 3.8) is 0 Å². The molecule has 0 heterocycles. The first kappa shape index (κ1) is 11.6. The Morgan fingerprint density at radius 1 is 1.25 bits per heavy atom. The molecule has 0 aliphatic heterocycles. The zero-order valence-corrected chi connectivity index (χ0v) is 9.30. The summed E-state index contributed by atoms with van der Waals surface area (Å²) in [5.74, 6) is 0. The summed E-state index contributed by atoms with van der Waals surface area (Å²) in [5, 5.41) is 3.71. The van der Waals surface area contributed by atoms with Crippen LogP contribution >= 0.6 is 12.2 Å². The third-order valence-electron chi connectivity index (χ3n) is 0.971. The maximum absolute atomic E-state index is 5.01. The van der Waals surface area contributed by atoms with Crippen molar-refractivity contribution in [3.05, 3.63) is 0 Å². The first-order valence-electron chi connectivity index (χ1n) is 4.15. The average Bonchev–Trinajstić information content (AvgIpc) is 1.80. The summed E-state index contributed by atoms with van der Waals surface area (Å²) in [6, 6.07) is 0.367. The zero-order valence-electron chi connectivity index (χ0n) is 8.49. The van der Waals surface area contributed by atoms with Gasteiger partial charge in [0.1, 0.15) is 0 Å². The number of hydrazine groups is 1. The molecular weight excluding hydrogens is 170 g/mol. The lowest BCUT2D eigenvalue weighted by Crippen LogP contribution is -2.53. The van der Waals surface area contributed by atoms with E-state index in [0.717, 1.165) is 0 Å². The third kappa shape index (κ3) is 7.75. The van der Waals surface area contributed by atoms with Crippen LogP contribution in [0.2, 0.25) is 0 Å². The van der Waals surface area contributed by atoms with Gasteiger partial charge < -0.3 is 5.32 Å². The van der Waals surface area contributed by atoms with Gasteiger partial charge in [-0.3, -0.25) is 5.43 Å². The van der Waals surface area contributed by atoms with Gasteiger partial charge in [0, 0.05) is 11.6 Å². The Labute approximate surface area is 80.3 Å². The number of hydrogen-bond donors (Lipinski definition) is 3. The van der Waals surface area contributed by atoms with E-state index in [4.69, 9.17) is 12.2 Å². The minimum Gasteiger partial charge on any atom is -0.359 e. The van der Waals surface area contributed by atoms with Crippen LogP contribution in [0.5, 0.6) is 0 Å². The molecule has 0 fully saturated rings. The molecule has 3 nitrogen and oxygen atoms in total. The van der Waals surface area contributed by atoms with Crippen molar-refractivity contribution in [2.75, 3.05) is 0 Å². The van der Waals surface area contributed by atoms with E-state index < -0.39 is 0 Å². The van der Waals surface area contributed by atoms with Gasteiger partial charge in [0.25, 0.3) is 0 Å². The van der Waals surface area contributed by atoms with Crippen LogP contribution in [-0.2, 0) is 0 Å². The van der Waals surface area contributed by atoms with E-state index >= 15 is 0 Å². The second-order valence-electron chi connectivity index (χ2n) is 4.13. The van der Waals surface area contributed by atoms with Crippen LogP contribution in [0.25, 0.3) is 0 Å². The van der Waals surface area contributed by atoms with Crippen molar-refractivity contribution in [2.24, 2.45) is 0 Å². The molecule has 0 unspecified atom stereocenters. The Morgan fingerprint density at radius 2 is 1.75 bits per heavy atom.